The van der Waals surface area contributed by atoms with Gasteiger partial charge in [0.15, 0.2) is 0 Å². The van der Waals surface area contributed by atoms with Gasteiger partial charge in [0, 0.05) is 16.2 Å². The molecule has 3 rings (SSSR count). The van der Waals surface area contributed by atoms with Crippen LogP contribution in [0.25, 0.3) is 11.3 Å². The second-order valence-corrected chi connectivity index (χ2v) is 6.73. The number of nitrogens with one attached hydrogen (secondary N) is 1. The Kier molecular flexibility index (Phi) is 5.37. The highest BCUT2D eigenvalue weighted by atomic mass is 79.9. The Balaban J connectivity index is 1.67. The molecule has 1 amide bonds. The Morgan fingerprint density at radius 1 is 1.21 bits per heavy atom. The van der Waals surface area contributed by atoms with Gasteiger partial charge < -0.3 is 9.73 Å². The van der Waals surface area contributed by atoms with Crippen molar-refractivity contribution in [2.24, 2.45) is 0 Å². The number of carbonyl (C=O) groups is 1. The van der Waals surface area contributed by atoms with Crippen LogP contribution in [0.2, 0.25) is 0 Å². The fraction of sp³-hybridized carbons (Fsp3) is 0.111. The summed E-state index contributed by atoms with van der Waals surface area (Å²) in [6.07, 6.45) is 3.58. The SMILES string of the molecule is CSc1ncccc1C(=O)NCc1ccc(-c2ccc(Br)cc2)o1. The Morgan fingerprint density at radius 3 is 2.75 bits per heavy atom. The molecule has 0 spiro atoms. The first-order chi connectivity index (χ1) is 11.7. The number of aromatic nitrogens is 1. The summed E-state index contributed by atoms with van der Waals surface area (Å²) in [5, 5.41) is 3.58. The summed E-state index contributed by atoms with van der Waals surface area (Å²) in [4.78, 5) is 16.5. The van der Waals surface area contributed by atoms with Crippen LogP contribution in [-0.4, -0.2) is 17.1 Å². The summed E-state index contributed by atoms with van der Waals surface area (Å²) in [6, 6.07) is 15.2. The lowest BCUT2D eigenvalue weighted by atomic mass is 10.2. The third-order valence-corrected chi connectivity index (χ3v) is 4.66. The van der Waals surface area contributed by atoms with E-state index in [4.69, 9.17) is 4.42 Å². The molecule has 0 saturated carbocycles. The van der Waals surface area contributed by atoms with Gasteiger partial charge >= 0.3 is 0 Å². The summed E-state index contributed by atoms with van der Waals surface area (Å²) < 4.78 is 6.82. The van der Waals surface area contributed by atoms with E-state index in [-0.39, 0.29) is 5.91 Å². The standard InChI is InChI=1S/C18H15BrN2O2S/c1-24-18-15(3-2-10-20-18)17(22)21-11-14-8-9-16(23-14)12-4-6-13(19)7-5-12/h2-10H,11H2,1H3,(H,21,22). The number of nitrogens with zero attached hydrogens (tertiary/aromatic N) is 1. The second kappa shape index (κ2) is 7.68. The van der Waals surface area contributed by atoms with Crippen molar-refractivity contribution < 1.29 is 9.21 Å². The molecule has 0 saturated heterocycles. The number of hydrogen-bond donors (Lipinski definition) is 1. The molecule has 0 atom stereocenters. The van der Waals surface area contributed by atoms with E-state index < -0.39 is 0 Å². The molecule has 1 N–H and O–H groups in total. The Hall–Kier alpha value is -2.05. The Labute approximate surface area is 152 Å². The molecular weight excluding hydrogens is 388 g/mol. The minimum Gasteiger partial charge on any atom is -0.459 e. The lowest BCUT2D eigenvalue weighted by Gasteiger charge is -2.06. The number of rotatable bonds is 5. The quantitative estimate of drug-likeness (QED) is 0.625. The van der Waals surface area contributed by atoms with E-state index in [0.29, 0.717) is 22.9 Å². The average Bonchev–Trinajstić information content (AvgIpc) is 3.09. The largest absolute Gasteiger partial charge is 0.459 e. The van der Waals surface area contributed by atoms with Crippen molar-refractivity contribution in [3.63, 3.8) is 0 Å². The van der Waals surface area contributed by atoms with Crippen molar-refractivity contribution in [3.05, 3.63) is 70.5 Å². The maximum Gasteiger partial charge on any atom is 0.254 e. The molecule has 0 bridgehead atoms. The van der Waals surface area contributed by atoms with Gasteiger partial charge in [-0.25, -0.2) is 4.98 Å². The number of amides is 1. The molecule has 4 nitrogen and oxygen atoms in total. The van der Waals surface area contributed by atoms with Crippen molar-refractivity contribution in [1.29, 1.82) is 0 Å². The third kappa shape index (κ3) is 3.88. The Morgan fingerprint density at radius 2 is 2.00 bits per heavy atom. The van der Waals surface area contributed by atoms with Crippen molar-refractivity contribution in [2.75, 3.05) is 6.26 Å². The van der Waals surface area contributed by atoms with Crippen LogP contribution >= 0.6 is 27.7 Å². The molecule has 122 valence electrons. The van der Waals surface area contributed by atoms with Gasteiger partial charge in [0.1, 0.15) is 16.5 Å². The fourth-order valence-electron chi connectivity index (χ4n) is 2.23. The first-order valence-electron chi connectivity index (χ1n) is 7.29. The van der Waals surface area contributed by atoms with Gasteiger partial charge in [0.05, 0.1) is 12.1 Å². The van der Waals surface area contributed by atoms with E-state index in [1.807, 2.05) is 42.7 Å². The van der Waals surface area contributed by atoms with Crippen molar-refractivity contribution in [3.8, 4) is 11.3 Å². The maximum absolute atomic E-state index is 12.3. The molecular formula is C18H15BrN2O2S. The van der Waals surface area contributed by atoms with Gasteiger partial charge in [-0.1, -0.05) is 28.1 Å². The molecule has 1 aromatic carbocycles. The predicted molar refractivity (Wildman–Crippen MR) is 99.0 cm³/mol. The molecule has 3 aromatic rings. The first-order valence-corrected chi connectivity index (χ1v) is 9.31. The summed E-state index contributed by atoms with van der Waals surface area (Å²) in [5.41, 5.74) is 1.57. The number of halogens is 1. The van der Waals surface area contributed by atoms with Crippen LogP contribution in [0.3, 0.4) is 0 Å². The van der Waals surface area contributed by atoms with Crippen molar-refractivity contribution >= 4 is 33.6 Å². The van der Waals surface area contributed by atoms with Gasteiger partial charge in [-0.15, -0.1) is 11.8 Å². The zero-order chi connectivity index (χ0) is 16.9. The molecule has 24 heavy (non-hydrogen) atoms. The minimum atomic E-state index is -0.158. The number of benzene rings is 1. The van der Waals surface area contributed by atoms with Gasteiger partial charge in [-0.3, -0.25) is 4.79 Å². The maximum atomic E-state index is 12.3. The number of thioether (sulfide) groups is 1. The summed E-state index contributed by atoms with van der Waals surface area (Å²) in [6.45, 7) is 0.331. The number of furan rings is 1. The van der Waals surface area contributed by atoms with Crippen LogP contribution in [-0.2, 0) is 6.54 Å². The van der Waals surface area contributed by atoms with Crippen LogP contribution in [0, 0.1) is 0 Å². The minimum absolute atomic E-state index is 0.158. The predicted octanol–water partition coefficient (Wildman–Crippen LogP) is 4.76. The van der Waals surface area contributed by atoms with Crippen molar-refractivity contribution in [1.82, 2.24) is 10.3 Å². The van der Waals surface area contributed by atoms with Crippen LogP contribution in [0.4, 0.5) is 0 Å². The molecule has 0 aliphatic heterocycles. The zero-order valence-corrected chi connectivity index (χ0v) is 15.4. The van der Waals surface area contributed by atoms with E-state index in [1.54, 1.807) is 18.3 Å². The smallest absolute Gasteiger partial charge is 0.254 e. The van der Waals surface area contributed by atoms with E-state index >= 15 is 0 Å². The molecule has 0 unspecified atom stereocenters. The molecule has 0 aliphatic rings. The van der Waals surface area contributed by atoms with Gasteiger partial charge in [0.2, 0.25) is 0 Å². The van der Waals surface area contributed by atoms with Gasteiger partial charge in [-0.05, 0) is 42.7 Å². The van der Waals surface area contributed by atoms with Crippen molar-refractivity contribution in [2.45, 2.75) is 11.6 Å². The van der Waals surface area contributed by atoms with Gasteiger partial charge in [0.25, 0.3) is 5.91 Å². The highest BCUT2D eigenvalue weighted by Gasteiger charge is 2.12. The normalized spacial score (nSPS) is 10.6. The monoisotopic (exact) mass is 402 g/mol. The molecule has 2 heterocycles. The first kappa shape index (κ1) is 16.8. The van der Waals surface area contributed by atoms with E-state index in [2.05, 4.69) is 26.2 Å². The topological polar surface area (TPSA) is 55.1 Å². The summed E-state index contributed by atoms with van der Waals surface area (Å²) >= 11 is 4.86. The lowest BCUT2D eigenvalue weighted by Crippen LogP contribution is -2.23. The highest BCUT2D eigenvalue weighted by molar-refractivity contribution is 9.10. The van der Waals surface area contributed by atoms with E-state index in [1.165, 1.54) is 11.8 Å². The zero-order valence-electron chi connectivity index (χ0n) is 13.0. The molecule has 2 aromatic heterocycles. The van der Waals surface area contributed by atoms with Crippen LogP contribution in [0.15, 0.2) is 68.6 Å². The fourth-order valence-corrected chi connectivity index (χ4v) is 3.04. The molecule has 6 heteroatoms. The lowest BCUT2D eigenvalue weighted by molar-refractivity contribution is 0.0944. The third-order valence-electron chi connectivity index (χ3n) is 3.42. The second-order valence-electron chi connectivity index (χ2n) is 5.02. The van der Waals surface area contributed by atoms with E-state index in [9.17, 15) is 4.79 Å². The number of hydrogen-bond acceptors (Lipinski definition) is 4. The number of carbonyl (C=O) groups excluding carboxylic acids is 1. The van der Waals surface area contributed by atoms with E-state index in [0.717, 1.165) is 15.8 Å². The van der Waals surface area contributed by atoms with Gasteiger partial charge in [-0.2, -0.15) is 0 Å². The van der Waals surface area contributed by atoms with Crippen LogP contribution in [0.1, 0.15) is 16.1 Å². The molecule has 0 radical (unpaired) electrons. The summed E-state index contributed by atoms with van der Waals surface area (Å²) in [5.74, 6) is 1.32. The summed E-state index contributed by atoms with van der Waals surface area (Å²) in [7, 11) is 0. The van der Waals surface area contributed by atoms with Crippen LogP contribution < -0.4 is 5.32 Å². The Bertz CT molecular complexity index is 846. The number of pyridine rings is 1. The highest BCUT2D eigenvalue weighted by Crippen LogP contribution is 2.24. The molecule has 0 fully saturated rings. The molecule has 0 aliphatic carbocycles. The van der Waals surface area contributed by atoms with Crippen LogP contribution in [0.5, 0.6) is 0 Å². The average molecular weight is 403 g/mol.